The maximum absolute atomic E-state index is 12.1. The smallest absolute Gasteiger partial charge is 0.338 e. The molecule has 4 nitrogen and oxygen atoms in total. The van der Waals surface area contributed by atoms with Crippen LogP contribution in [0.5, 0.6) is 0 Å². The molecule has 3 rings (SSSR count). The summed E-state index contributed by atoms with van der Waals surface area (Å²) in [5.74, 6) is -0.343. The second kappa shape index (κ2) is 8.79. The molecule has 136 valence electrons. The summed E-state index contributed by atoms with van der Waals surface area (Å²) in [5, 5.41) is 0. The van der Waals surface area contributed by atoms with Gasteiger partial charge in [0, 0.05) is 0 Å². The van der Waals surface area contributed by atoms with E-state index in [0.717, 1.165) is 12.0 Å². The third-order valence-electron chi connectivity index (χ3n) is 4.30. The number of ether oxygens (including phenoxy) is 3. The van der Waals surface area contributed by atoms with E-state index in [0.29, 0.717) is 18.8 Å². The summed E-state index contributed by atoms with van der Waals surface area (Å²) in [6.45, 7) is 3.10. The Bertz CT molecular complexity index is 726. The molecule has 1 aliphatic rings. The van der Waals surface area contributed by atoms with Gasteiger partial charge in [0.25, 0.3) is 0 Å². The lowest BCUT2D eigenvalue weighted by Crippen LogP contribution is -2.35. The molecule has 0 spiro atoms. The number of carbonyl (C=O) groups excluding carboxylic acids is 1. The summed E-state index contributed by atoms with van der Waals surface area (Å²) in [6.07, 6.45) is 4.75. The molecule has 4 heteroatoms. The molecule has 0 bridgehead atoms. The van der Waals surface area contributed by atoms with Crippen LogP contribution in [0.3, 0.4) is 0 Å². The molecule has 26 heavy (non-hydrogen) atoms. The Kier molecular flexibility index (Phi) is 6.21. The summed E-state index contributed by atoms with van der Waals surface area (Å²) in [6, 6.07) is 19.0. The molecule has 1 heterocycles. The van der Waals surface area contributed by atoms with Crippen LogP contribution < -0.4 is 0 Å². The van der Waals surface area contributed by atoms with Crippen molar-refractivity contribution in [1.29, 1.82) is 0 Å². The van der Waals surface area contributed by atoms with Crippen LogP contribution >= 0.6 is 0 Å². The van der Waals surface area contributed by atoms with Crippen molar-refractivity contribution in [2.24, 2.45) is 0 Å². The Hall–Kier alpha value is -2.43. The molecule has 0 radical (unpaired) electrons. The molecule has 0 aliphatic carbocycles. The van der Waals surface area contributed by atoms with Crippen molar-refractivity contribution in [3.63, 3.8) is 0 Å². The standard InChI is InChI=1S/C22H24O4/c1-22(17-25-21(23)19-11-6-3-7-12-19)14-8-13-20(16-26-22)24-15-18-9-4-2-5-10-18/h2-12,14,20H,13,15-17H2,1H3/t20?,22-/m1/s1. The number of carbonyl (C=O) groups is 1. The minimum absolute atomic E-state index is 0.0156. The second-order valence-corrected chi connectivity index (χ2v) is 6.62. The molecule has 0 aromatic heterocycles. The molecule has 0 saturated heterocycles. The van der Waals surface area contributed by atoms with Crippen molar-refractivity contribution in [3.8, 4) is 0 Å². The van der Waals surface area contributed by atoms with Crippen molar-refractivity contribution in [2.45, 2.75) is 31.7 Å². The Morgan fingerprint density at radius 2 is 1.81 bits per heavy atom. The zero-order valence-corrected chi connectivity index (χ0v) is 15.0. The van der Waals surface area contributed by atoms with Gasteiger partial charge >= 0.3 is 5.97 Å². The number of benzene rings is 2. The van der Waals surface area contributed by atoms with Crippen molar-refractivity contribution >= 4 is 5.97 Å². The number of hydrogen-bond acceptors (Lipinski definition) is 4. The van der Waals surface area contributed by atoms with Gasteiger partial charge in [0.05, 0.1) is 24.9 Å². The fourth-order valence-electron chi connectivity index (χ4n) is 2.73. The minimum atomic E-state index is -0.644. The molecule has 1 aliphatic heterocycles. The van der Waals surface area contributed by atoms with Crippen LogP contribution in [0.4, 0.5) is 0 Å². The summed E-state index contributed by atoms with van der Waals surface area (Å²) in [7, 11) is 0. The molecule has 0 amide bonds. The number of esters is 1. The van der Waals surface area contributed by atoms with Gasteiger partial charge in [-0.25, -0.2) is 4.79 Å². The van der Waals surface area contributed by atoms with Gasteiger partial charge in [-0.3, -0.25) is 0 Å². The Labute approximate surface area is 154 Å². The van der Waals surface area contributed by atoms with E-state index in [9.17, 15) is 4.79 Å². The van der Waals surface area contributed by atoms with Crippen LogP contribution in [0.2, 0.25) is 0 Å². The van der Waals surface area contributed by atoms with E-state index in [1.54, 1.807) is 12.1 Å². The Morgan fingerprint density at radius 1 is 1.12 bits per heavy atom. The molecule has 2 aromatic rings. The van der Waals surface area contributed by atoms with Gasteiger partial charge in [0.1, 0.15) is 12.2 Å². The van der Waals surface area contributed by atoms with E-state index in [4.69, 9.17) is 14.2 Å². The van der Waals surface area contributed by atoms with Gasteiger partial charge in [-0.1, -0.05) is 60.7 Å². The van der Waals surface area contributed by atoms with Crippen LogP contribution in [0.1, 0.15) is 29.3 Å². The van der Waals surface area contributed by atoms with Gasteiger partial charge in [-0.15, -0.1) is 0 Å². The normalized spacial score (nSPS) is 22.6. The largest absolute Gasteiger partial charge is 0.459 e. The highest BCUT2D eigenvalue weighted by molar-refractivity contribution is 5.89. The summed E-state index contributed by atoms with van der Waals surface area (Å²) < 4.78 is 17.4. The average molecular weight is 352 g/mol. The third-order valence-corrected chi connectivity index (χ3v) is 4.30. The molecular weight excluding hydrogens is 328 g/mol. The minimum Gasteiger partial charge on any atom is -0.459 e. The number of hydrogen-bond donors (Lipinski definition) is 0. The van der Waals surface area contributed by atoms with Crippen LogP contribution in [0, 0.1) is 0 Å². The predicted octanol–water partition coefficient (Wildman–Crippen LogP) is 4.16. The lowest BCUT2D eigenvalue weighted by molar-refractivity contribution is -0.0859. The van der Waals surface area contributed by atoms with Gasteiger partial charge in [-0.2, -0.15) is 0 Å². The second-order valence-electron chi connectivity index (χ2n) is 6.62. The summed E-state index contributed by atoms with van der Waals surface area (Å²) in [5.41, 5.74) is 1.04. The van der Waals surface area contributed by atoms with Gasteiger partial charge in [0.2, 0.25) is 0 Å². The van der Waals surface area contributed by atoms with Crippen molar-refractivity contribution in [3.05, 3.63) is 83.9 Å². The highest BCUT2D eigenvalue weighted by Gasteiger charge is 2.28. The summed E-state index contributed by atoms with van der Waals surface area (Å²) in [4.78, 5) is 12.1. The monoisotopic (exact) mass is 352 g/mol. The van der Waals surface area contributed by atoms with E-state index >= 15 is 0 Å². The van der Waals surface area contributed by atoms with Gasteiger partial charge in [0.15, 0.2) is 0 Å². The van der Waals surface area contributed by atoms with E-state index in [2.05, 4.69) is 0 Å². The van der Waals surface area contributed by atoms with Crippen LogP contribution in [0.25, 0.3) is 0 Å². The highest BCUT2D eigenvalue weighted by Crippen LogP contribution is 2.21. The van der Waals surface area contributed by atoms with Gasteiger partial charge in [-0.05, 0) is 31.0 Å². The maximum atomic E-state index is 12.1. The molecule has 0 fully saturated rings. The molecule has 2 atom stereocenters. The van der Waals surface area contributed by atoms with Crippen molar-refractivity contribution in [2.75, 3.05) is 13.2 Å². The lowest BCUT2D eigenvalue weighted by Gasteiger charge is -2.26. The van der Waals surface area contributed by atoms with Crippen molar-refractivity contribution in [1.82, 2.24) is 0 Å². The molecule has 0 N–H and O–H groups in total. The highest BCUT2D eigenvalue weighted by atomic mass is 16.6. The molecule has 0 saturated carbocycles. The summed E-state index contributed by atoms with van der Waals surface area (Å²) >= 11 is 0. The topological polar surface area (TPSA) is 44.8 Å². The third kappa shape index (κ3) is 5.28. The van der Waals surface area contributed by atoms with Crippen LogP contribution in [-0.2, 0) is 20.8 Å². The van der Waals surface area contributed by atoms with Crippen LogP contribution in [-0.4, -0.2) is 30.9 Å². The quantitative estimate of drug-likeness (QED) is 0.578. The van der Waals surface area contributed by atoms with E-state index in [1.807, 2.05) is 67.6 Å². The SMILES string of the molecule is C[C@]1(COC(=O)c2ccccc2)C=CCC(OCc2ccccc2)CO1. The lowest BCUT2D eigenvalue weighted by atomic mass is 10.1. The van der Waals surface area contributed by atoms with E-state index in [-0.39, 0.29) is 18.7 Å². The Morgan fingerprint density at radius 3 is 2.54 bits per heavy atom. The first-order valence-electron chi connectivity index (χ1n) is 8.84. The Balaban J connectivity index is 1.48. The van der Waals surface area contributed by atoms with Crippen molar-refractivity contribution < 1.29 is 19.0 Å². The fourth-order valence-corrected chi connectivity index (χ4v) is 2.73. The first-order valence-corrected chi connectivity index (χ1v) is 8.84. The molecular formula is C22H24O4. The predicted molar refractivity (Wildman–Crippen MR) is 99.9 cm³/mol. The fraction of sp³-hybridized carbons (Fsp3) is 0.318. The maximum Gasteiger partial charge on any atom is 0.338 e. The zero-order valence-electron chi connectivity index (χ0n) is 15.0. The van der Waals surface area contributed by atoms with E-state index in [1.165, 1.54) is 0 Å². The van der Waals surface area contributed by atoms with Crippen LogP contribution in [0.15, 0.2) is 72.8 Å². The molecule has 1 unspecified atom stereocenters. The zero-order chi connectivity index (χ0) is 18.2. The molecule has 2 aromatic carbocycles. The van der Waals surface area contributed by atoms with E-state index < -0.39 is 5.60 Å². The first-order chi connectivity index (χ1) is 12.6. The average Bonchev–Trinajstić information content (AvgIpc) is 2.88. The first kappa shape index (κ1) is 18.4. The number of rotatable bonds is 6. The van der Waals surface area contributed by atoms with Gasteiger partial charge < -0.3 is 14.2 Å².